The van der Waals surface area contributed by atoms with Crippen LogP contribution >= 0.6 is 12.2 Å². The van der Waals surface area contributed by atoms with Crippen LogP contribution in [0.2, 0.25) is 0 Å². The minimum absolute atomic E-state index is 0.500. The van der Waals surface area contributed by atoms with Crippen molar-refractivity contribution in [2.75, 3.05) is 26.2 Å². The summed E-state index contributed by atoms with van der Waals surface area (Å²) in [7, 11) is 0. The predicted molar refractivity (Wildman–Crippen MR) is 88.9 cm³/mol. The van der Waals surface area contributed by atoms with Crippen molar-refractivity contribution in [3.63, 3.8) is 0 Å². The van der Waals surface area contributed by atoms with Crippen LogP contribution in [0.5, 0.6) is 0 Å². The van der Waals surface area contributed by atoms with Crippen LogP contribution in [0.3, 0.4) is 0 Å². The second-order valence-corrected chi connectivity index (χ2v) is 5.86. The molecule has 0 radical (unpaired) electrons. The predicted octanol–water partition coefficient (Wildman–Crippen LogP) is 2.24. The second kappa shape index (κ2) is 7.16. The molecular formula is C16H25N3S. The second-order valence-electron chi connectivity index (χ2n) is 5.42. The smallest absolute Gasteiger partial charge is 0.104 e. The summed E-state index contributed by atoms with van der Waals surface area (Å²) in [4.78, 5) is 5.57. The molecule has 1 aromatic carbocycles. The quantitative estimate of drug-likeness (QED) is 0.815. The van der Waals surface area contributed by atoms with E-state index in [9.17, 15) is 0 Å². The summed E-state index contributed by atoms with van der Waals surface area (Å²) in [5, 5.41) is 0. The maximum Gasteiger partial charge on any atom is 0.104 e. The Morgan fingerprint density at radius 2 is 2.05 bits per heavy atom. The zero-order valence-corrected chi connectivity index (χ0v) is 13.3. The molecule has 0 spiro atoms. The molecule has 0 aromatic heterocycles. The zero-order valence-electron chi connectivity index (χ0n) is 12.5. The molecule has 1 atom stereocenters. The van der Waals surface area contributed by atoms with Crippen molar-refractivity contribution in [1.82, 2.24) is 9.80 Å². The highest BCUT2D eigenvalue weighted by molar-refractivity contribution is 7.80. The number of hydrogen-bond acceptors (Lipinski definition) is 3. The first-order chi connectivity index (χ1) is 9.65. The van der Waals surface area contributed by atoms with Crippen molar-refractivity contribution in [1.29, 1.82) is 0 Å². The van der Waals surface area contributed by atoms with Gasteiger partial charge in [0.15, 0.2) is 0 Å². The highest BCUT2D eigenvalue weighted by atomic mass is 32.1. The average Bonchev–Trinajstić information content (AvgIpc) is 2.89. The van der Waals surface area contributed by atoms with Gasteiger partial charge in [-0.1, -0.05) is 50.3 Å². The monoisotopic (exact) mass is 291 g/mol. The molecule has 0 bridgehead atoms. The third kappa shape index (κ3) is 3.57. The fraction of sp³-hybridized carbons (Fsp3) is 0.562. The number of nitrogens with zero attached hydrogens (tertiary/aromatic N) is 2. The van der Waals surface area contributed by atoms with Gasteiger partial charge in [0.05, 0.1) is 0 Å². The van der Waals surface area contributed by atoms with Crippen molar-refractivity contribution < 1.29 is 0 Å². The summed E-state index contributed by atoms with van der Waals surface area (Å²) < 4.78 is 0. The Hall–Kier alpha value is -0.970. The van der Waals surface area contributed by atoms with E-state index in [2.05, 4.69) is 35.8 Å². The molecule has 1 aliphatic heterocycles. The lowest BCUT2D eigenvalue weighted by Gasteiger charge is -2.26. The van der Waals surface area contributed by atoms with Gasteiger partial charge in [-0.2, -0.15) is 0 Å². The van der Waals surface area contributed by atoms with E-state index in [0.717, 1.165) is 38.3 Å². The number of benzene rings is 1. The number of likely N-dealkylation sites (N-methyl/N-ethyl adjacent to an activating group) is 1. The van der Waals surface area contributed by atoms with Crippen LogP contribution < -0.4 is 5.73 Å². The van der Waals surface area contributed by atoms with Gasteiger partial charge in [0.1, 0.15) is 4.99 Å². The molecule has 1 fully saturated rings. The summed E-state index contributed by atoms with van der Waals surface area (Å²) in [6.07, 6.45) is 1.26. The van der Waals surface area contributed by atoms with Crippen LogP contribution in [-0.4, -0.2) is 47.0 Å². The van der Waals surface area contributed by atoms with Crippen molar-refractivity contribution in [3.05, 3.63) is 35.4 Å². The summed E-state index contributed by atoms with van der Waals surface area (Å²) in [6, 6.07) is 8.92. The van der Waals surface area contributed by atoms with E-state index in [4.69, 9.17) is 18.0 Å². The van der Waals surface area contributed by atoms with Crippen molar-refractivity contribution in [2.45, 2.75) is 32.9 Å². The highest BCUT2D eigenvalue weighted by Gasteiger charge is 2.26. The molecule has 2 N–H and O–H groups in total. The Labute approximate surface area is 127 Å². The topological polar surface area (TPSA) is 32.5 Å². The lowest BCUT2D eigenvalue weighted by atomic mass is 10.1. The lowest BCUT2D eigenvalue weighted by molar-refractivity contribution is 0.209. The summed E-state index contributed by atoms with van der Waals surface area (Å²) in [5.41, 5.74) is 8.08. The van der Waals surface area contributed by atoms with E-state index in [1.165, 1.54) is 12.0 Å². The van der Waals surface area contributed by atoms with E-state index in [-0.39, 0.29) is 0 Å². The first-order valence-corrected chi connectivity index (χ1v) is 7.90. The Kier molecular flexibility index (Phi) is 5.52. The van der Waals surface area contributed by atoms with E-state index in [1.54, 1.807) is 0 Å². The highest BCUT2D eigenvalue weighted by Crippen LogP contribution is 2.19. The third-order valence-electron chi connectivity index (χ3n) is 4.25. The molecule has 110 valence electrons. The number of likely N-dealkylation sites (tertiary alicyclic amines) is 1. The summed E-state index contributed by atoms with van der Waals surface area (Å²) in [5.74, 6) is 0. The standard InChI is InChI=1S/C16H25N3S/c1-3-19(4-2)14-9-10-18(12-14)11-13-7-5-6-8-15(13)16(17)20/h5-8,14H,3-4,9-12H2,1-2H3,(H2,17,20). The van der Waals surface area contributed by atoms with E-state index >= 15 is 0 Å². The minimum atomic E-state index is 0.500. The first kappa shape index (κ1) is 15.4. The molecule has 4 heteroatoms. The molecular weight excluding hydrogens is 266 g/mol. The fourth-order valence-electron chi connectivity index (χ4n) is 3.13. The molecule has 0 saturated carbocycles. The molecule has 1 aliphatic rings. The number of thiocarbonyl (C=S) groups is 1. The van der Waals surface area contributed by atoms with Crippen LogP contribution in [-0.2, 0) is 6.54 Å². The number of nitrogens with two attached hydrogens (primary N) is 1. The van der Waals surface area contributed by atoms with Crippen molar-refractivity contribution >= 4 is 17.2 Å². The Bertz CT molecular complexity index is 457. The van der Waals surface area contributed by atoms with Crippen LogP contribution in [0.15, 0.2) is 24.3 Å². The molecule has 0 aliphatic carbocycles. The van der Waals surface area contributed by atoms with Gasteiger partial charge in [0, 0.05) is 31.2 Å². The normalized spacial score (nSPS) is 19.6. The SMILES string of the molecule is CCN(CC)C1CCN(Cc2ccccc2C(N)=S)C1. The third-order valence-corrected chi connectivity index (χ3v) is 4.47. The van der Waals surface area contributed by atoms with Gasteiger partial charge in [0.25, 0.3) is 0 Å². The molecule has 1 heterocycles. The van der Waals surface area contributed by atoms with Crippen molar-refractivity contribution in [3.8, 4) is 0 Å². The molecule has 3 nitrogen and oxygen atoms in total. The molecule has 1 aromatic rings. The maximum absolute atomic E-state index is 5.81. The largest absolute Gasteiger partial charge is 0.389 e. The van der Waals surface area contributed by atoms with E-state index in [0.29, 0.717) is 11.0 Å². The van der Waals surface area contributed by atoms with E-state index < -0.39 is 0 Å². The van der Waals surface area contributed by atoms with Crippen LogP contribution in [0.1, 0.15) is 31.4 Å². The number of hydrogen-bond donors (Lipinski definition) is 1. The Balaban J connectivity index is 2.00. The maximum atomic E-state index is 5.81. The van der Waals surface area contributed by atoms with E-state index in [1.807, 2.05) is 12.1 Å². The van der Waals surface area contributed by atoms with Gasteiger partial charge >= 0.3 is 0 Å². The Morgan fingerprint density at radius 3 is 2.70 bits per heavy atom. The van der Waals surface area contributed by atoms with Gasteiger partial charge in [0.2, 0.25) is 0 Å². The summed E-state index contributed by atoms with van der Waals surface area (Å²) >= 11 is 5.14. The zero-order chi connectivity index (χ0) is 14.5. The average molecular weight is 291 g/mol. The molecule has 2 rings (SSSR count). The molecule has 0 amide bonds. The van der Waals surface area contributed by atoms with Gasteiger partial charge in [-0.3, -0.25) is 9.80 Å². The van der Waals surface area contributed by atoms with Crippen LogP contribution in [0.4, 0.5) is 0 Å². The lowest BCUT2D eigenvalue weighted by Crippen LogP contribution is -2.37. The van der Waals surface area contributed by atoms with Gasteiger partial charge < -0.3 is 5.73 Å². The van der Waals surface area contributed by atoms with Crippen LogP contribution in [0.25, 0.3) is 0 Å². The molecule has 1 saturated heterocycles. The van der Waals surface area contributed by atoms with Gasteiger partial charge in [-0.05, 0) is 25.1 Å². The van der Waals surface area contributed by atoms with Gasteiger partial charge in [-0.25, -0.2) is 0 Å². The van der Waals surface area contributed by atoms with Gasteiger partial charge in [-0.15, -0.1) is 0 Å². The minimum Gasteiger partial charge on any atom is -0.389 e. The van der Waals surface area contributed by atoms with Crippen LogP contribution in [0, 0.1) is 0 Å². The number of rotatable bonds is 6. The fourth-order valence-corrected chi connectivity index (χ4v) is 3.33. The summed E-state index contributed by atoms with van der Waals surface area (Å²) in [6.45, 7) is 10.0. The molecule has 1 unspecified atom stereocenters. The molecule has 20 heavy (non-hydrogen) atoms. The van der Waals surface area contributed by atoms with Crippen molar-refractivity contribution in [2.24, 2.45) is 5.73 Å². The first-order valence-electron chi connectivity index (χ1n) is 7.49. The Morgan fingerprint density at radius 1 is 1.35 bits per heavy atom.